The molecular formula is C63H47N3S. The maximum atomic E-state index is 4.97. The monoisotopic (exact) mass is 877 g/mol. The number of hydrogen-bond acceptors (Lipinski definition) is 3. The second-order valence-corrected chi connectivity index (χ2v) is 18.5. The summed E-state index contributed by atoms with van der Waals surface area (Å²) in [5, 5.41) is 14.1. The topological polar surface area (TPSA) is 30.7 Å². The van der Waals surface area contributed by atoms with Crippen molar-refractivity contribution in [3.63, 3.8) is 0 Å². The highest BCUT2D eigenvalue weighted by Gasteiger charge is 2.41. The van der Waals surface area contributed by atoms with Gasteiger partial charge in [0.2, 0.25) is 0 Å². The third-order valence-corrected chi connectivity index (χ3v) is 15.0. The fraction of sp³-hybridized carbons (Fsp3) is 0.0794. The minimum absolute atomic E-state index is 0.105. The van der Waals surface area contributed by atoms with E-state index < -0.39 is 0 Å². The van der Waals surface area contributed by atoms with Crippen LogP contribution in [0.2, 0.25) is 0 Å². The first-order valence-corrected chi connectivity index (χ1v) is 24.2. The Labute approximate surface area is 396 Å². The van der Waals surface area contributed by atoms with E-state index in [0.717, 1.165) is 61.8 Å². The van der Waals surface area contributed by atoms with E-state index in [1.165, 1.54) is 66.4 Å². The Balaban J connectivity index is 0.958. The first-order chi connectivity index (χ1) is 33.1. The van der Waals surface area contributed by atoms with Crippen molar-refractivity contribution in [3.05, 3.63) is 234 Å². The molecule has 0 unspecified atom stereocenters. The maximum Gasteiger partial charge on any atom is 0.148 e. The number of fused-ring (bicyclic) bond motifs is 6. The number of rotatable bonds is 10. The van der Waals surface area contributed by atoms with Crippen LogP contribution in [0.25, 0.3) is 106 Å². The van der Waals surface area contributed by atoms with Crippen molar-refractivity contribution < 1.29 is 0 Å². The SMILES string of the molecule is CCC1(CC)c2cc(/C=C/c3nnc(-c4cc(-c5ccccc5)c(-c5ccccc5)c(-c5ccccc5)c4-c4ccccc4)s3)ccc2-c2ccc(-n3c4ccccc4c4ccccc43)cc21. The van der Waals surface area contributed by atoms with Crippen LogP contribution < -0.4 is 0 Å². The molecule has 1 aliphatic rings. The average molecular weight is 878 g/mol. The van der Waals surface area contributed by atoms with Crippen molar-refractivity contribution in [1.29, 1.82) is 0 Å². The molecule has 1 aliphatic carbocycles. The average Bonchev–Trinajstić information content (AvgIpc) is 4.09. The van der Waals surface area contributed by atoms with Crippen molar-refractivity contribution in [2.45, 2.75) is 32.1 Å². The molecule has 0 saturated carbocycles. The van der Waals surface area contributed by atoms with Crippen molar-refractivity contribution in [2.75, 3.05) is 0 Å². The fourth-order valence-corrected chi connectivity index (χ4v) is 11.7. The lowest BCUT2D eigenvalue weighted by molar-refractivity contribution is 0.490. The predicted molar refractivity (Wildman–Crippen MR) is 284 cm³/mol. The minimum Gasteiger partial charge on any atom is -0.309 e. The van der Waals surface area contributed by atoms with Crippen LogP contribution in [0, 0.1) is 0 Å². The molecule has 0 atom stereocenters. The largest absolute Gasteiger partial charge is 0.309 e. The van der Waals surface area contributed by atoms with Gasteiger partial charge in [-0.25, -0.2) is 0 Å². The first kappa shape index (κ1) is 40.6. The molecule has 9 aromatic carbocycles. The van der Waals surface area contributed by atoms with Gasteiger partial charge in [-0.2, -0.15) is 0 Å². The van der Waals surface area contributed by atoms with Gasteiger partial charge in [0.05, 0.1) is 11.0 Å². The summed E-state index contributed by atoms with van der Waals surface area (Å²) in [6.07, 6.45) is 6.38. The van der Waals surface area contributed by atoms with E-state index in [9.17, 15) is 0 Å². The zero-order valence-electron chi connectivity index (χ0n) is 37.5. The Bertz CT molecular complexity index is 3580. The molecule has 0 aliphatic heterocycles. The molecular weight excluding hydrogens is 831 g/mol. The summed E-state index contributed by atoms with van der Waals surface area (Å²) in [5.41, 5.74) is 20.6. The predicted octanol–water partition coefficient (Wildman–Crippen LogP) is 17.2. The van der Waals surface area contributed by atoms with Gasteiger partial charge in [0.25, 0.3) is 0 Å². The molecule has 0 spiro atoms. The van der Waals surface area contributed by atoms with Gasteiger partial charge < -0.3 is 4.57 Å². The van der Waals surface area contributed by atoms with Gasteiger partial charge in [0.15, 0.2) is 0 Å². The molecule has 2 aromatic heterocycles. The van der Waals surface area contributed by atoms with Gasteiger partial charge in [0.1, 0.15) is 10.0 Å². The van der Waals surface area contributed by atoms with Crippen LogP contribution in [0.4, 0.5) is 0 Å². The smallest absolute Gasteiger partial charge is 0.148 e. The molecule has 320 valence electrons. The zero-order valence-corrected chi connectivity index (χ0v) is 38.3. The Morgan fingerprint density at radius 1 is 0.433 bits per heavy atom. The summed E-state index contributed by atoms with van der Waals surface area (Å²) in [6, 6.07) is 77.2. The van der Waals surface area contributed by atoms with Gasteiger partial charge >= 0.3 is 0 Å². The molecule has 2 heterocycles. The highest BCUT2D eigenvalue weighted by molar-refractivity contribution is 7.15. The summed E-state index contributed by atoms with van der Waals surface area (Å²) in [6.45, 7) is 4.70. The van der Waals surface area contributed by atoms with Crippen LogP contribution in [-0.2, 0) is 5.41 Å². The summed E-state index contributed by atoms with van der Waals surface area (Å²) >= 11 is 1.64. The van der Waals surface area contributed by atoms with Crippen molar-refractivity contribution >= 4 is 45.3 Å². The summed E-state index contributed by atoms with van der Waals surface area (Å²) < 4.78 is 2.44. The van der Waals surface area contributed by atoms with Crippen LogP contribution in [0.1, 0.15) is 48.4 Å². The lowest BCUT2D eigenvalue weighted by Crippen LogP contribution is -2.23. The number of benzene rings is 9. The van der Waals surface area contributed by atoms with E-state index in [1.807, 2.05) is 0 Å². The third kappa shape index (κ3) is 6.78. The Kier molecular flexibility index (Phi) is 10.2. The Morgan fingerprint density at radius 3 is 1.51 bits per heavy atom. The highest BCUT2D eigenvalue weighted by atomic mass is 32.1. The molecule has 11 aromatic rings. The lowest BCUT2D eigenvalue weighted by atomic mass is 9.73. The first-order valence-electron chi connectivity index (χ1n) is 23.4. The second kappa shape index (κ2) is 16.8. The zero-order chi connectivity index (χ0) is 44.9. The summed E-state index contributed by atoms with van der Waals surface area (Å²) in [7, 11) is 0. The summed E-state index contributed by atoms with van der Waals surface area (Å²) in [5.74, 6) is 0. The van der Waals surface area contributed by atoms with Crippen LogP contribution in [0.15, 0.2) is 212 Å². The number of hydrogen-bond donors (Lipinski definition) is 0. The van der Waals surface area contributed by atoms with Gasteiger partial charge in [-0.15, -0.1) is 10.2 Å². The minimum atomic E-state index is -0.105. The van der Waals surface area contributed by atoms with Crippen LogP contribution in [0.3, 0.4) is 0 Å². The Morgan fingerprint density at radius 2 is 0.925 bits per heavy atom. The van der Waals surface area contributed by atoms with Gasteiger partial charge in [-0.3, -0.25) is 0 Å². The van der Waals surface area contributed by atoms with Crippen molar-refractivity contribution in [3.8, 4) is 71.9 Å². The quantitative estimate of drug-likeness (QED) is 0.137. The molecule has 0 bridgehead atoms. The van der Waals surface area contributed by atoms with Crippen LogP contribution in [-0.4, -0.2) is 14.8 Å². The second-order valence-electron chi connectivity index (χ2n) is 17.5. The van der Waals surface area contributed by atoms with E-state index >= 15 is 0 Å². The molecule has 0 fully saturated rings. The molecule has 0 saturated heterocycles. The number of aromatic nitrogens is 3. The van der Waals surface area contributed by atoms with Crippen molar-refractivity contribution in [1.82, 2.24) is 14.8 Å². The molecule has 67 heavy (non-hydrogen) atoms. The van der Waals surface area contributed by atoms with Crippen LogP contribution >= 0.6 is 11.3 Å². The van der Waals surface area contributed by atoms with E-state index in [0.29, 0.717) is 0 Å². The summed E-state index contributed by atoms with van der Waals surface area (Å²) in [4.78, 5) is 0. The molecule has 12 rings (SSSR count). The van der Waals surface area contributed by atoms with Gasteiger partial charge in [0, 0.05) is 33.0 Å². The lowest BCUT2D eigenvalue weighted by Gasteiger charge is -2.30. The highest BCUT2D eigenvalue weighted by Crippen LogP contribution is 2.54. The molecule has 0 N–H and O–H groups in total. The maximum absolute atomic E-state index is 4.97. The molecule has 4 heteroatoms. The Hall–Kier alpha value is -7.92. The normalized spacial score (nSPS) is 12.8. The fourth-order valence-electron chi connectivity index (χ4n) is 10.9. The molecule has 3 nitrogen and oxygen atoms in total. The number of para-hydroxylation sites is 2. The standard InChI is InChI=1S/C63H47N3S/c1-3-63(4-2)54-39-42(33-36-48(54)49-37-35-47(40-55(49)63)66-56-31-19-17-29-50(56)51-30-18-20-32-57(51)66)34-38-58-64-65-62(67-58)53-41-52(43-21-9-5-10-22-43)59(44-23-11-6-12-24-44)61(46-27-15-8-16-28-46)60(53)45-25-13-7-14-26-45/h5-41H,3-4H2,1-2H3/b38-34+. The molecule has 0 radical (unpaired) electrons. The number of nitrogens with zero attached hydrogens (tertiary/aromatic N) is 3. The van der Waals surface area contributed by atoms with E-state index in [-0.39, 0.29) is 5.41 Å². The van der Waals surface area contributed by atoms with E-state index in [1.54, 1.807) is 11.3 Å². The molecule has 0 amide bonds. The van der Waals surface area contributed by atoms with Crippen molar-refractivity contribution in [2.24, 2.45) is 0 Å². The third-order valence-electron chi connectivity index (χ3n) is 14.1. The van der Waals surface area contributed by atoms with Gasteiger partial charge in [-0.1, -0.05) is 213 Å². The van der Waals surface area contributed by atoms with E-state index in [4.69, 9.17) is 10.2 Å². The van der Waals surface area contributed by atoms with Crippen LogP contribution in [0.5, 0.6) is 0 Å². The van der Waals surface area contributed by atoms with Gasteiger partial charge in [-0.05, 0) is 116 Å². The van der Waals surface area contributed by atoms with E-state index in [2.05, 4.69) is 243 Å².